The van der Waals surface area contributed by atoms with Crippen molar-refractivity contribution in [2.75, 3.05) is 10.8 Å². The molecule has 0 unspecified atom stereocenters. The minimum atomic E-state index is -4.15. The summed E-state index contributed by atoms with van der Waals surface area (Å²) in [5, 5.41) is 3.82. The van der Waals surface area contributed by atoms with E-state index in [1.807, 2.05) is 26.8 Å². The van der Waals surface area contributed by atoms with Gasteiger partial charge < -0.3 is 10.2 Å². The van der Waals surface area contributed by atoms with Crippen molar-refractivity contribution in [2.24, 2.45) is 0 Å². The Labute approximate surface area is 258 Å². The standard InChI is InChI=1S/C32H37Cl2N3O4S/c1-4-29(32(39)35-24-13-8-9-14-24)36(20-26-27(33)17-11-18-28(26)34)31(38)21-37(30-19-10-12-22(2)23(30)3)42(40,41)25-15-6-5-7-16-25/h5-7,10-12,15-19,24,29H,4,8-9,13-14,20-21H2,1-3H3,(H,35,39)/t29-/m0/s1. The number of amides is 2. The number of benzene rings is 3. The van der Waals surface area contributed by atoms with Crippen molar-refractivity contribution in [3.05, 3.63) is 93.5 Å². The lowest BCUT2D eigenvalue weighted by Crippen LogP contribution is -2.53. The molecule has 1 saturated carbocycles. The topological polar surface area (TPSA) is 86.8 Å². The Kier molecular flexibility index (Phi) is 10.6. The average Bonchev–Trinajstić information content (AvgIpc) is 3.48. The highest BCUT2D eigenvalue weighted by atomic mass is 35.5. The normalized spacial score (nSPS) is 14.4. The highest BCUT2D eigenvalue weighted by Crippen LogP contribution is 2.31. The van der Waals surface area contributed by atoms with Crippen LogP contribution in [0.2, 0.25) is 10.0 Å². The number of carbonyl (C=O) groups is 2. The van der Waals surface area contributed by atoms with Crippen LogP contribution in [0, 0.1) is 13.8 Å². The summed E-state index contributed by atoms with van der Waals surface area (Å²) in [5.41, 5.74) is 2.50. The number of hydrogen-bond acceptors (Lipinski definition) is 4. The summed E-state index contributed by atoms with van der Waals surface area (Å²) in [4.78, 5) is 29.4. The highest BCUT2D eigenvalue weighted by Gasteiger charge is 2.35. The van der Waals surface area contributed by atoms with Crippen LogP contribution in [0.4, 0.5) is 5.69 Å². The molecule has 4 rings (SSSR count). The molecule has 0 bridgehead atoms. The van der Waals surface area contributed by atoms with E-state index in [0.717, 1.165) is 41.1 Å². The molecule has 1 aliphatic rings. The molecule has 224 valence electrons. The minimum absolute atomic E-state index is 0.0531. The number of rotatable bonds is 11. The van der Waals surface area contributed by atoms with E-state index in [2.05, 4.69) is 5.32 Å². The lowest BCUT2D eigenvalue weighted by atomic mass is 10.1. The van der Waals surface area contributed by atoms with Gasteiger partial charge in [-0.05, 0) is 74.6 Å². The number of sulfonamides is 1. The van der Waals surface area contributed by atoms with Crippen molar-refractivity contribution in [3.63, 3.8) is 0 Å². The van der Waals surface area contributed by atoms with Crippen molar-refractivity contribution >= 4 is 50.7 Å². The van der Waals surface area contributed by atoms with Gasteiger partial charge in [-0.3, -0.25) is 13.9 Å². The molecule has 3 aromatic carbocycles. The molecule has 10 heteroatoms. The third kappa shape index (κ3) is 7.10. The molecule has 0 aliphatic heterocycles. The van der Waals surface area contributed by atoms with E-state index in [-0.39, 0.29) is 23.4 Å². The van der Waals surface area contributed by atoms with Gasteiger partial charge in [-0.1, -0.05) is 79.4 Å². The SMILES string of the molecule is CC[C@@H](C(=O)NC1CCCC1)N(Cc1c(Cl)cccc1Cl)C(=O)CN(c1cccc(C)c1C)S(=O)(=O)c1ccccc1. The van der Waals surface area contributed by atoms with Crippen molar-refractivity contribution in [1.29, 1.82) is 0 Å². The molecule has 1 fully saturated rings. The molecule has 1 aliphatic carbocycles. The van der Waals surface area contributed by atoms with Gasteiger partial charge in [0, 0.05) is 28.2 Å². The van der Waals surface area contributed by atoms with Crippen LogP contribution in [0.15, 0.2) is 71.6 Å². The van der Waals surface area contributed by atoms with E-state index in [4.69, 9.17) is 23.2 Å². The first kappa shape index (κ1) is 31.9. The largest absolute Gasteiger partial charge is 0.352 e. The zero-order valence-electron chi connectivity index (χ0n) is 24.1. The number of nitrogens with one attached hydrogen (secondary N) is 1. The van der Waals surface area contributed by atoms with Crippen LogP contribution in [0.1, 0.15) is 55.7 Å². The van der Waals surface area contributed by atoms with Crippen LogP contribution in [0.5, 0.6) is 0 Å². The molecule has 1 atom stereocenters. The summed E-state index contributed by atoms with van der Waals surface area (Å²) in [5.74, 6) is -0.815. The fourth-order valence-electron chi connectivity index (χ4n) is 5.38. The van der Waals surface area contributed by atoms with Crippen LogP contribution in [0.25, 0.3) is 0 Å². The van der Waals surface area contributed by atoms with E-state index in [0.29, 0.717) is 27.7 Å². The van der Waals surface area contributed by atoms with Gasteiger partial charge in [0.1, 0.15) is 12.6 Å². The summed E-state index contributed by atoms with van der Waals surface area (Å²) in [6.45, 7) is 4.97. The Balaban J connectivity index is 1.77. The maximum Gasteiger partial charge on any atom is 0.264 e. The fraction of sp³-hybridized carbons (Fsp3) is 0.375. The smallest absolute Gasteiger partial charge is 0.264 e. The van der Waals surface area contributed by atoms with Crippen molar-refractivity contribution in [3.8, 4) is 0 Å². The molecular formula is C32H37Cl2N3O4S. The summed E-state index contributed by atoms with van der Waals surface area (Å²) >= 11 is 13.0. The molecule has 0 heterocycles. The maximum atomic E-state index is 14.3. The average molecular weight is 631 g/mol. The number of anilines is 1. The first-order valence-electron chi connectivity index (χ1n) is 14.2. The Morgan fingerprint density at radius 3 is 2.17 bits per heavy atom. The number of aryl methyl sites for hydroxylation is 1. The zero-order chi connectivity index (χ0) is 30.4. The van der Waals surface area contributed by atoms with Crippen LogP contribution in [-0.4, -0.2) is 43.8 Å². The zero-order valence-corrected chi connectivity index (χ0v) is 26.5. The predicted molar refractivity (Wildman–Crippen MR) is 168 cm³/mol. The third-order valence-corrected chi connectivity index (χ3v) is 10.4. The minimum Gasteiger partial charge on any atom is -0.352 e. The van der Waals surface area contributed by atoms with Crippen LogP contribution < -0.4 is 9.62 Å². The Morgan fingerprint density at radius 2 is 1.55 bits per heavy atom. The molecule has 42 heavy (non-hydrogen) atoms. The molecule has 7 nitrogen and oxygen atoms in total. The second-order valence-corrected chi connectivity index (χ2v) is 13.4. The van der Waals surface area contributed by atoms with Crippen molar-refractivity contribution in [1.82, 2.24) is 10.2 Å². The Morgan fingerprint density at radius 1 is 0.929 bits per heavy atom. The van der Waals surface area contributed by atoms with E-state index >= 15 is 0 Å². The van der Waals surface area contributed by atoms with Gasteiger partial charge in [-0.2, -0.15) is 0 Å². The van der Waals surface area contributed by atoms with Gasteiger partial charge in [0.2, 0.25) is 11.8 Å². The molecule has 0 spiro atoms. The van der Waals surface area contributed by atoms with Gasteiger partial charge in [0.05, 0.1) is 10.6 Å². The van der Waals surface area contributed by atoms with Crippen LogP contribution in [-0.2, 0) is 26.2 Å². The van der Waals surface area contributed by atoms with Gasteiger partial charge >= 0.3 is 0 Å². The Bertz CT molecular complexity index is 1510. The number of halogens is 2. The predicted octanol–water partition coefficient (Wildman–Crippen LogP) is 6.67. The molecule has 0 saturated heterocycles. The van der Waals surface area contributed by atoms with Gasteiger partial charge in [-0.15, -0.1) is 0 Å². The van der Waals surface area contributed by atoms with Gasteiger partial charge in [0.25, 0.3) is 10.0 Å². The lowest BCUT2D eigenvalue weighted by Gasteiger charge is -2.34. The van der Waals surface area contributed by atoms with Crippen molar-refractivity contribution in [2.45, 2.75) is 76.4 Å². The lowest BCUT2D eigenvalue weighted by molar-refractivity contribution is -0.140. The number of nitrogens with zero attached hydrogens (tertiary/aromatic N) is 2. The van der Waals surface area contributed by atoms with Crippen molar-refractivity contribution < 1.29 is 18.0 Å². The summed E-state index contributed by atoms with van der Waals surface area (Å²) in [6, 6.07) is 17.6. The van der Waals surface area contributed by atoms with Crippen LogP contribution >= 0.6 is 23.2 Å². The van der Waals surface area contributed by atoms with E-state index < -0.39 is 28.5 Å². The maximum absolute atomic E-state index is 14.3. The quantitative estimate of drug-likeness (QED) is 0.256. The molecule has 0 aromatic heterocycles. The number of hydrogen-bond donors (Lipinski definition) is 1. The molecule has 0 radical (unpaired) electrons. The van der Waals surface area contributed by atoms with E-state index in [9.17, 15) is 18.0 Å². The second kappa shape index (κ2) is 13.9. The molecule has 1 N–H and O–H groups in total. The van der Waals surface area contributed by atoms with E-state index in [1.54, 1.807) is 48.5 Å². The fourth-order valence-corrected chi connectivity index (χ4v) is 7.39. The molecular weight excluding hydrogens is 593 g/mol. The Hall–Kier alpha value is -3.07. The molecule has 2 amide bonds. The first-order valence-corrected chi connectivity index (χ1v) is 16.4. The number of carbonyl (C=O) groups excluding carboxylic acids is 2. The van der Waals surface area contributed by atoms with E-state index in [1.165, 1.54) is 17.0 Å². The second-order valence-electron chi connectivity index (χ2n) is 10.7. The summed E-state index contributed by atoms with van der Waals surface area (Å²) < 4.78 is 29.3. The first-order chi connectivity index (χ1) is 20.0. The van der Waals surface area contributed by atoms with Gasteiger partial charge in [0.15, 0.2) is 0 Å². The monoisotopic (exact) mass is 629 g/mol. The summed E-state index contributed by atoms with van der Waals surface area (Å²) in [6.07, 6.45) is 4.19. The summed E-state index contributed by atoms with van der Waals surface area (Å²) in [7, 11) is -4.15. The van der Waals surface area contributed by atoms with Crippen LogP contribution in [0.3, 0.4) is 0 Å². The highest BCUT2D eigenvalue weighted by molar-refractivity contribution is 7.92. The third-order valence-electron chi connectivity index (χ3n) is 7.93. The van der Waals surface area contributed by atoms with Gasteiger partial charge in [-0.25, -0.2) is 8.42 Å². The molecule has 3 aromatic rings.